The molecule has 0 bridgehead atoms. The van der Waals surface area contributed by atoms with E-state index in [1.165, 1.54) is 302 Å². The van der Waals surface area contributed by atoms with Crippen molar-refractivity contribution in [2.45, 2.75) is 453 Å². The molecular formula is C75H147NO13. The molecule has 2 saturated heterocycles. The lowest BCUT2D eigenvalue weighted by Gasteiger charge is -2.46. The van der Waals surface area contributed by atoms with Crippen molar-refractivity contribution in [1.29, 1.82) is 0 Å². The van der Waals surface area contributed by atoms with Gasteiger partial charge in [0.25, 0.3) is 0 Å². The smallest absolute Gasteiger partial charge is 0.220 e. The first-order valence-corrected chi connectivity index (χ1v) is 38.8. The first-order chi connectivity index (χ1) is 43.6. The normalized spacial score (nSPS) is 22.9. The number of nitrogens with one attached hydrogen (secondary N) is 1. The van der Waals surface area contributed by atoms with Gasteiger partial charge in [0.15, 0.2) is 12.6 Å². The van der Waals surface area contributed by atoms with Crippen LogP contribution in [0.2, 0.25) is 0 Å². The molecule has 0 aromatic carbocycles. The molecule has 12 unspecified atom stereocenters. The van der Waals surface area contributed by atoms with Crippen molar-refractivity contribution in [3.8, 4) is 0 Å². The molecule has 0 spiro atoms. The number of hydrogen-bond donors (Lipinski definition) is 9. The molecule has 0 aromatic heterocycles. The molecule has 2 aliphatic heterocycles. The van der Waals surface area contributed by atoms with Gasteiger partial charge in [-0.2, -0.15) is 0 Å². The van der Waals surface area contributed by atoms with Crippen molar-refractivity contribution in [2.24, 2.45) is 0 Å². The minimum absolute atomic E-state index is 0.195. The van der Waals surface area contributed by atoms with Gasteiger partial charge < -0.3 is 65.1 Å². The third-order valence-electron chi connectivity index (χ3n) is 19.6. The van der Waals surface area contributed by atoms with E-state index in [0.29, 0.717) is 12.8 Å². The summed E-state index contributed by atoms with van der Waals surface area (Å²) in [5.74, 6) is -0.195. The molecular weight excluding hydrogens is 1120 g/mol. The Morgan fingerprint density at radius 3 is 0.955 bits per heavy atom. The second kappa shape index (κ2) is 60.6. The Balaban J connectivity index is 1.61. The number of ether oxygens (including phenoxy) is 4. The number of carbonyl (C=O) groups excluding carboxylic acids is 1. The van der Waals surface area contributed by atoms with Crippen LogP contribution in [0.5, 0.6) is 0 Å². The van der Waals surface area contributed by atoms with E-state index in [1.807, 2.05) is 0 Å². The molecule has 12 atom stereocenters. The van der Waals surface area contributed by atoms with Gasteiger partial charge in [0.2, 0.25) is 5.91 Å². The number of hydrogen-bond acceptors (Lipinski definition) is 13. The summed E-state index contributed by atoms with van der Waals surface area (Å²) < 4.78 is 23.0. The molecule has 9 N–H and O–H groups in total. The van der Waals surface area contributed by atoms with Crippen molar-refractivity contribution in [2.75, 3.05) is 19.8 Å². The summed E-state index contributed by atoms with van der Waals surface area (Å²) in [5.41, 5.74) is 0. The van der Waals surface area contributed by atoms with E-state index in [2.05, 4.69) is 19.2 Å². The standard InChI is InChI=1S/C75H147NO13/c1-3-5-7-9-11-13-15-17-19-21-23-25-27-29-30-31-32-33-34-35-37-39-41-43-45-47-49-51-53-55-57-59-67(80)76-63(62-86-74-72(85)70(83)73(66(61-78)88-74)89-75-71(84)69(82)68(81)65(60-77)87-75)64(79)58-56-54-52-50-48-46-44-42-40-38-36-28-26-24-22-20-18-16-14-12-10-8-6-4-2/h63-66,68-75,77-79,81-85H,3-62H2,1-2H3,(H,76,80). The number of rotatable bonds is 66. The lowest BCUT2D eigenvalue weighted by molar-refractivity contribution is -0.359. The van der Waals surface area contributed by atoms with Gasteiger partial charge in [-0.25, -0.2) is 0 Å². The fourth-order valence-electron chi connectivity index (χ4n) is 13.4. The highest BCUT2D eigenvalue weighted by Crippen LogP contribution is 2.30. The molecule has 0 aliphatic carbocycles. The monoisotopic (exact) mass is 1270 g/mol. The largest absolute Gasteiger partial charge is 0.394 e. The number of aliphatic hydroxyl groups is 8. The fraction of sp³-hybridized carbons (Fsp3) is 0.987. The van der Waals surface area contributed by atoms with Gasteiger partial charge in [-0.15, -0.1) is 0 Å². The summed E-state index contributed by atoms with van der Waals surface area (Å²) in [4.78, 5) is 13.4. The predicted octanol–water partition coefficient (Wildman–Crippen LogP) is 16.7. The molecule has 530 valence electrons. The van der Waals surface area contributed by atoms with E-state index < -0.39 is 86.8 Å². The van der Waals surface area contributed by atoms with E-state index in [-0.39, 0.29) is 12.5 Å². The Hall–Kier alpha value is -1.01. The van der Waals surface area contributed by atoms with Gasteiger partial charge in [0.1, 0.15) is 48.8 Å². The Labute approximate surface area is 546 Å². The van der Waals surface area contributed by atoms with Gasteiger partial charge >= 0.3 is 0 Å². The van der Waals surface area contributed by atoms with Crippen LogP contribution in [0.25, 0.3) is 0 Å². The molecule has 2 rings (SSSR count). The van der Waals surface area contributed by atoms with Crippen LogP contribution in [0.1, 0.15) is 380 Å². The van der Waals surface area contributed by atoms with Crippen LogP contribution in [-0.2, 0) is 23.7 Å². The summed E-state index contributed by atoms with van der Waals surface area (Å²) in [5, 5.41) is 87.8. The Bertz CT molecular complexity index is 1500. The van der Waals surface area contributed by atoms with Gasteiger partial charge in [-0.3, -0.25) is 4.79 Å². The summed E-state index contributed by atoms with van der Waals surface area (Å²) in [7, 11) is 0. The average Bonchev–Trinajstić information content (AvgIpc) is 2.53. The minimum Gasteiger partial charge on any atom is -0.394 e. The molecule has 2 heterocycles. The molecule has 14 nitrogen and oxygen atoms in total. The maximum Gasteiger partial charge on any atom is 0.220 e. The summed E-state index contributed by atoms with van der Waals surface area (Å²) in [6, 6.07) is -0.825. The van der Waals surface area contributed by atoms with Crippen LogP contribution >= 0.6 is 0 Å². The van der Waals surface area contributed by atoms with Crippen LogP contribution in [0.4, 0.5) is 0 Å². The van der Waals surface area contributed by atoms with Crippen LogP contribution in [0.15, 0.2) is 0 Å². The van der Waals surface area contributed by atoms with Crippen LogP contribution in [-0.4, -0.2) is 140 Å². The topological polar surface area (TPSA) is 228 Å². The predicted molar refractivity (Wildman–Crippen MR) is 365 cm³/mol. The molecule has 1 amide bonds. The molecule has 2 aliphatic rings. The van der Waals surface area contributed by atoms with Crippen molar-refractivity contribution in [1.82, 2.24) is 5.32 Å². The van der Waals surface area contributed by atoms with Gasteiger partial charge in [0.05, 0.1) is 32.0 Å². The van der Waals surface area contributed by atoms with E-state index in [1.54, 1.807) is 0 Å². The second-order valence-corrected chi connectivity index (χ2v) is 27.9. The molecule has 14 heteroatoms. The zero-order chi connectivity index (χ0) is 64.5. The van der Waals surface area contributed by atoms with Gasteiger partial charge in [0, 0.05) is 6.42 Å². The van der Waals surface area contributed by atoms with Crippen molar-refractivity contribution >= 4 is 5.91 Å². The van der Waals surface area contributed by atoms with Crippen molar-refractivity contribution in [3.63, 3.8) is 0 Å². The second-order valence-electron chi connectivity index (χ2n) is 27.9. The zero-order valence-electron chi connectivity index (χ0n) is 58.0. The highest BCUT2D eigenvalue weighted by molar-refractivity contribution is 5.76. The summed E-state index contributed by atoms with van der Waals surface area (Å²) in [6.07, 6.45) is 57.1. The fourth-order valence-corrected chi connectivity index (χ4v) is 13.4. The lowest BCUT2D eigenvalue weighted by Crippen LogP contribution is -2.65. The Kier molecular flexibility index (Phi) is 57.3. The number of amides is 1. The third-order valence-corrected chi connectivity index (χ3v) is 19.6. The number of carbonyl (C=O) groups is 1. The zero-order valence-corrected chi connectivity index (χ0v) is 58.0. The molecule has 0 radical (unpaired) electrons. The highest BCUT2D eigenvalue weighted by atomic mass is 16.7. The molecule has 2 fully saturated rings. The van der Waals surface area contributed by atoms with Gasteiger partial charge in [-0.1, -0.05) is 361 Å². The first-order valence-electron chi connectivity index (χ1n) is 38.8. The van der Waals surface area contributed by atoms with E-state index in [4.69, 9.17) is 18.9 Å². The molecule has 0 saturated carbocycles. The summed E-state index contributed by atoms with van der Waals surface area (Å²) in [6.45, 7) is 2.94. The van der Waals surface area contributed by atoms with E-state index in [0.717, 1.165) is 51.4 Å². The van der Waals surface area contributed by atoms with Crippen LogP contribution in [0.3, 0.4) is 0 Å². The van der Waals surface area contributed by atoms with Gasteiger partial charge in [-0.05, 0) is 12.8 Å². The molecule has 89 heavy (non-hydrogen) atoms. The van der Waals surface area contributed by atoms with Crippen LogP contribution < -0.4 is 5.32 Å². The maximum atomic E-state index is 13.4. The number of unbranched alkanes of at least 4 members (excludes halogenated alkanes) is 53. The highest BCUT2D eigenvalue weighted by Gasteiger charge is 2.51. The van der Waals surface area contributed by atoms with E-state index >= 15 is 0 Å². The number of aliphatic hydroxyl groups excluding tert-OH is 8. The maximum absolute atomic E-state index is 13.4. The summed E-state index contributed by atoms with van der Waals surface area (Å²) >= 11 is 0. The minimum atomic E-state index is -1.78. The molecule has 0 aromatic rings. The average molecular weight is 1270 g/mol. The van der Waals surface area contributed by atoms with Crippen molar-refractivity contribution in [3.05, 3.63) is 0 Å². The van der Waals surface area contributed by atoms with Crippen molar-refractivity contribution < 1.29 is 64.6 Å². The van der Waals surface area contributed by atoms with E-state index in [9.17, 15) is 45.6 Å². The first kappa shape index (κ1) is 84.1. The van der Waals surface area contributed by atoms with Crippen LogP contribution in [0, 0.1) is 0 Å². The third kappa shape index (κ3) is 44.4. The Morgan fingerprint density at radius 2 is 0.640 bits per heavy atom. The lowest BCUT2D eigenvalue weighted by atomic mass is 9.97. The quantitative estimate of drug-likeness (QED) is 0.0259. The Morgan fingerprint density at radius 1 is 0.360 bits per heavy atom. The SMILES string of the molecule is CCCCCCCCCCCCCCCCCCCCCCCCCCCCCCCCCC(=O)NC(COC1OC(CO)C(OC2OC(CO)C(O)C(O)C2O)C(O)C1O)C(O)CCCCCCCCCCCCCCCCCCCCCCCCCC.